The van der Waals surface area contributed by atoms with Gasteiger partial charge in [-0.05, 0) is 86.2 Å². The summed E-state index contributed by atoms with van der Waals surface area (Å²) in [6.07, 6.45) is 1.88. The average molecular weight is 457 g/mol. The third-order valence-corrected chi connectivity index (χ3v) is 6.97. The second-order valence-corrected chi connectivity index (χ2v) is 9.67. The molecule has 0 spiro atoms. The van der Waals surface area contributed by atoms with Crippen molar-refractivity contribution in [2.24, 2.45) is 0 Å². The van der Waals surface area contributed by atoms with Crippen LogP contribution < -0.4 is 0 Å². The van der Waals surface area contributed by atoms with Gasteiger partial charge in [-0.25, -0.2) is 0 Å². The van der Waals surface area contributed by atoms with Gasteiger partial charge in [0, 0.05) is 0 Å². The van der Waals surface area contributed by atoms with E-state index in [0.29, 0.717) is 11.7 Å². The molecule has 35 heavy (non-hydrogen) atoms. The second-order valence-electron chi connectivity index (χ2n) is 9.67. The summed E-state index contributed by atoms with van der Waals surface area (Å²) in [4.78, 5) is 0. The molecule has 1 nitrogen and oxygen atoms in total. The monoisotopic (exact) mass is 456 g/mol. The number of rotatable bonds is 6. The molecule has 5 rings (SSSR count). The van der Waals surface area contributed by atoms with Gasteiger partial charge in [-0.3, -0.25) is 0 Å². The normalized spacial score (nSPS) is 11.3. The van der Waals surface area contributed by atoms with Crippen LogP contribution in [0.4, 0.5) is 0 Å². The second kappa shape index (κ2) is 9.80. The van der Waals surface area contributed by atoms with Crippen LogP contribution in [0.15, 0.2) is 103 Å². The molecule has 0 bridgehead atoms. The van der Waals surface area contributed by atoms with Crippen molar-refractivity contribution >= 4 is 10.8 Å². The lowest BCUT2D eigenvalue weighted by atomic mass is 9.88. The van der Waals surface area contributed by atoms with Crippen molar-refractivity contribution in [2.75, 3.05) is 0 Å². The standard InChI is InChI=1S/C34H32O/c1-4-25-21-29(33-18-16-30(35)22-34(33)23(2)3)15-17-32(25)28-12-7-9-24(20-28)19-27-13-8-11-26-10-5-6-14-31(26)27/h5-18,20-23,35H,4,19H2,1-3H3. The van der Waals surface area contributed by atoms with Gasteiger partial charge in [0.05, 0.1) is 0 Å². The van der Waals surface area contributed by atoms with Gasteiger partial charge in [0.25, 0.3) is 0 Å². The molecule has 0 aromatic heterocycles. The van der Waals surface area contributed by atoms with Gasteiger partial charge in [0.1, 0.15) is 5.75 Å². The van der Waals surface area contributed by atoms with Crippen molar-refractivity contribution in [3.8, 4) is 28.0 Å². The number of phenols is 1. The van der Waals surface area contributed by atoms with Crippen molar-refractivity contribution in [3.05, 3.63) is 125 Å². The van der Waals surface area contributed by atoms with E-state index in [2.05, 4.69) is 106 Å². The number of phenolic OH excluding ortho intramolecular Hbond substituents is 1. The average Bonchev–Trinajstić information content (AvgIpc) is 2.88. The number of benzene rings is 5. The molecule has 0 heterocycles. The van der Waals surface area contributed by atoms with Crippen LogP contribution >= 0.6 is 0 Å². The van der Waals surface area contributed by atoms with Crippen molar-refractivity contribution in [1.29, 1.82) is 0 Å². The Morgan fingerprint density at radius 2 is 1.40 bits per heavy atom. The summed E-state index contributed by atoms with van der Waals surface area (Å²) in [6.45, 7) is 6.58. The fourth-order valence-electron chi connectivity index (χ4n) is 5.14. The summed E-state index contributed by atoms with van der Waals surface area (Å²) in [5, 5.41) is 12.6. The zero-order valence-electron chi connectivity index (χ0n) is 20.8. The van der Waals surface area contributed by atoms with Gasteiger partial charge in [-0.2, -0.15) is 0 Å². The highest BCUT2D eigenvalue weighted by molar-refractivity contribution is 5.86. The van der Waals surface area contributed by atoms with Crippen LogP contribution in [0.1, 0.15) is 48.9 Å². The number of hydrogen-bond acceptors (Lipinski definition) is 1. The van der Waals surface area contributed by atoms with E-state index >= 15 is 0 Å². The number of aryl methyl sites for hydroxylation is 1. The Bertz CT molecular complexity index is 1490. The molecule has 1 heteroatoms. The van der Waals surface area contributed by atoms with Gasteiger partial charge in [0.2, 0.25) is 0 Å². The fraction of sp³-hybridized carbons (Fsp3) is 0.176. The Morgan fingerprint density at radius 1 is 0.657 bits per heavy atom. The van der Waals surface area contributed by atoms with Crippen LogP contribution in [-0.4, -0.2) is 5.11 Å². The Labute approximate surface area is 208 Å². The lowest BCUT2D eigenvalue weighted by Crippen LogP contribution is -1.95. The van der Waals surface area contributed by atoms with Crippen molar-refractivity contribution in [2.45, 2.75) is 39.5 Å². The van der Waals surface area contributed by atoms with Gasteiger partial charge in [-0.15, -0.1) is 0 Å². The summed E-state index contributed by atoms with van der Waals surface area (Å²) in [5.74, 6) is 0.667. The van der Waals surface area contributed by atoms with E-state index in [1.165, 1.54) is 55.3 Å². The lowest BCUT2D eigenvalue weighted by molar-refractivity contribution is 0.474. The van der Waals surface area contributed by atoms with E-state index in [0.717, 1.165) is 12.8 Å². The van der Waals surface area contributed by atoms with Crippen LogP contribution in [0.3, 0.4) is 0 Å². The summed E-state index contributed by atoms with van der Waals surface area (Å²) < 4.78 is 0. The smallest absolute Gasteiger partial charge is 0.115 e. The molecule has 5 aromatic rings. The predicted molar refractivity (Wildman–Crippen MR) is 149 cm³/mol. The summed E-state index contributed by atoms with van der Waals surface area (Å²) in [7, 11) is 0. The maximum Gasteiger partial charge on any atom is 0.115 e. The Morgan fingerprint density at radius 3 is 2.23 bits per heavy atom. The van der Waals surface area contributed by atoms with Crippen LogP contribution in [0.25, 0.3) is 33.0 Å². The van der Waals surface area contributed by atoms with E-state index < -0.39 is 0 Å². The summed E-state index contributed by atoms with van der Waals surface area (Å²) in [5.41, 5.74) is 10.2. The molecular weight excluding hydrogens is 424 g/mol. The highest BCUT2D eigenvalue weighted by Crippen LogP contribution is 2.35. The first-order valence-electron chi connectivity index (χ1n) is 12.6. The largest absolute Gasteiger partial charge is 0.508 e. The van der Waals surface area contributed by atoms with Gasteiger partial charge in [-0.1, -0.05) is 112 Å². The predicted octanol–water partition coefficient (Wildman–Crippen LogP) is 9.16. The molecule has 174 valence electrons. The third kappa shape index (κ3) is 4.72. The topological polar surface area (TPSA) is 20.2 Å². The lowest BCUT2D eigenvalue weighted by Gasteiger charge is -2.16. The molecule has 0 unspecified atom stereocenters. The van der Waals surface area contributed by atoms with Crippen LogP contribution in [0.2, 0.25) is 0 Å². The molecule has 0 aliphatic carbocycles. The molecule has 0 saturated carbocycles. The number of hydrogen-bond donors (Lipinski definition) is 1. The first-order valence-corrected chi connectivity index (χ1v) is 12.6. The molecular formula is C34H32O. The van der Waals surface area contributed by atoms with E-state index in [1.54, 1.807) is 6.07 Å². The summed E-state index contributed by atoms with van der Waals surface area (Å²) in [6, 6.07) is 36.7. The molecule has 0 atom stereocenters. The minimum Gasteiger partial charge on any atom is -0.508 e. The first-order chi connectivity index (χ1) is 17.0. The SMILES string of the molecule is CCc1cc(-c2ccc(O)cc2C(C)C)ccc1-c1cccc(Cc2cccc3ccccc23)c1. The molecule has 0 radical (unpaired) electrons. The van der Waals surface area contributed by atoms with Crippen molar-refractivity contribution < 1.29 is 5.11 Å². The van der Waals surface area contributed by atoms with Gasteiger partial charge < -0.3 is 5.11 Å². The Hall–Kier alpha value is -3.84. The Kier molecular flexibility index (Phi) is 6.42. The number of aromatic hydroxyl groups is 1. The molecule has 0 amide bonds. The highest BCUT2D eigenvalue weighted by atomic mass is 16.3. The minimum absolute atomic E-state index is 0.327. The molecule has 0 saturated heterocycles. The van der Waals surface area contributed by atoms with Crippen LogP contribution in [-0.2, 0) is 12.8 Å². The summed E-state index contributed by atoms with van der Waals surface area (Å²) >= 11 is 0. The van der Waals surface area contributed by atoms with E-state index in [1.807, 2.05) is 12.1 Å². The fourth-order valence-corrected chi connectivity index (χ4v) is 5.14. The Balaban J connectivity index is 1.51. The molecule has 1 N–H and O–H groups in total. The molecule has 0 fully saturated rings. The molecule has 5 aromatic carbocycles. The van der Waals surface area contributed by atoms with E-state index in [9.17, 15) is 5.11 Å². The van der Waals surface area contributed by atoms with Crippen molar-refractivity contribution in [3.63, 3.8) is 0 Å². The minimum atomic E-state index is 0.327. The van der Waals surface area contributed by atoms with Crippen LogP contribution in [0.5, 0.6) is 5.75 Å². The van der Waals surface area contributed by atoms with Crippen LogP contribution in [0, 0.1) is 0 Å². The molecule has 0 aliphatic heterocycles. The molecule has 0 aliphatic rings. The van der Waals surface area contributed by atoms with Gasteiger partial charge in [0.15, 0.2) is 0 Å². The maximum atomic E-state index is 10.0. The quantitative estimate of drug-likeness (QED) is 0.270. The van der Waals surface area contributed by atoms with Crippen molar-refractivity contribution in [1.82, 2.24) is 0 Å². The van der Waals surface area contributed by atoms with E-state index in [4.69, 9.17) is 0 Å². The first kappa shape index (κ1) is 22.9. The zero-order chi connectivity index (χ0) is 24.4. The van der Waals surface area contributed by atoms with E-state index in [-0.39, 0.29) is 0 Å². The number of fused-ring (bicyclic) bond motifs is 1. The van der Waals surface area contributed by atoms with Gasteiger partial charge >= 0.3 is 0 Å². The highest BCUT2D eigenvalue weighted by Gasteiger charge is 2.13. The zero-order valence-corrected chi connectivity index (χ0v) is 20.8. The maximum absolute atomic E-state index is 10.0. The third-order valence-electron chi connectivity index (χ3n) is 6.97.